The minimum Gasteiger partial charge on any atom is -0.447 e. The third kappa shape index (κ3) is 4.04. The van der Waals surface area contributed by atoms with Crippen LogP contribution in [-0.4, -0.2) is 59.3 Å². The average molecular weight is 318 g/mol. The molecule has 1 saturated heterocycles. The van der Waals surface area contributed by atoms with Gasteiger partial charge < -0.3 is 19.2 Å². The van der Waals surface area contributed by atoms with Gasteiger partial charge >= 0.3 is 0 Å². The summed E-state index contributed by atoms with van der Waals surface area (Å²) >= 11 is 0. The predicted molar refractivity (Wildman–Crippen MR) is 76.5 cm³/mol. The van der Waals surface area contributed by atoms with Crippen molar-refractivity contribution in [3.8, 4) is 0 Å². The van der Waals surface area contributed by atoms with Crippen LogP contribution in [0.15, 0.2) is 21.6 Å². The number of rotatable bonds is 8. The predicted octanol–water partition coefficient (Wildman–Crippen LogP) is 0.425. The number of hydrogen-bond acceptors (Lipinski definition) is 6. The van der Waals surface area contributed by atoms with E-state index in [9.17, 15) is 8.42 Å². The number of sulfonamides is 1. The Labute approximate surface area is 125 Å². The maximum Gasteiger partial charge on any atom is 0.276 e. The Bertz CT molecular complexity index is 543. The smallest absolute Gasteiger partial charge is 0.276 e. The van der Waals surface area contributed by atoms with Crippen molar-refractivity contribution in [2.75, 3.05) is 40.5 Å². The second-order valence-corrected chi connectivity index (χ2v) is 6.77. The highest BCUT2D eigenvalue weighted by Gasteiger charge is 2.34. The fourth-order valence-electron chi connectivity index (χ4n) is 2.21. The van der Waals surface area contributed by atoms with Crippen molar-refractivity contribution in [2.45, 2.75) is 24.2 Å². The van der Waals surface area contributed by atoms with E-state index >= 15 is 0 Å². The molecule has 0 bridgehead atoms. The van der Waals surface area contributed by atoms with Crippen molar-refractivity contribution in [1.82, 2.24) is 9.62 Å². The Hall–Kier alpha value is -0.930. The molecule has 1 fully saturated rings. The minimum absolute atomic E-state index is 0.0113. The molecule has 1 atom stereocenters. The molecule has 0 saturated carbocycles. The summed E-state index contributed by atoms with van der Waals surface area (Å²) in [4.78, 5) is 0. The van der Waals surface area contributed by atoms with Crippen LogP contribution in [0, 0.1) is 0 Å². The second-order valence-electron chi connectivity index (χ2n) is 4.90. The standard InChI is InChI=1S/C13H22N2O5S/c1-18-8-6-14-9-11-3-4-13(20-11)21(16,17)15-7-5-12(10-15)19-2/h3-4,12,14H,5-10H2,1-2H3. The van der Waals surface area contributed by atoms with Crippen LogP contribution < -0.4 is 5.32 Å². The maximum atomic E-state index is 12.4. The molecule has 0 aromatic carbocycles. The quantitative estimate of drug-likeness (QED) is 0.700. The lowest BCUT2D eigenvalue weighted by molar-refractivity contribution is 0.115. The SMILES string of the molecule is COCCNCc1ccc(S(=O)(=O)N2CCC(OC)C2)o1. The summed E-state index contributed by atoms with van der Waals surface area (Å²) in [5, 5.41) is 3.09. The van der Waals surface area contributed by atoms with Gasteiger partial charge in [-0.3, -0.25) is 0 Å². The molecule has 7 nitrogen and oxygen atoms in total. The summed E-state index contributed by atoms with van der Waals surface area (Å²) in [6, 6.07) is 3.18. The van der Waals surface area contributed by atoms with E-state index in [1.165, 1.54) is 10.4 Å². The molecule has 0 spiro atoms. The highest BCUT2D eigenvalue weighted by molar-refractivity contribution is 7.89. The second kappa shape index (κ2) is 7.37. The Morgan fingerprint density at radius 1 is 1.43 bits per heavy atom. The Morgan fingerprint density at radius 2 is 2.24 bits per heavy atom. The van der Waals surface area contributed by atoms with Gasteiger partial charge in [0.25, 0.3) is 10.0 Å². The largest absolute Gasteiger partial charge is 0.447 e. The van der Waals surface area contributed by atoms with Crippen molar-refractivity contribution in [1.29, 1.82) is 0 Å². The number of ether oxygens (including phenoxy) is 2. The van der Waals surface area contributed by atoms with Gasteiger partial charge in [-0.2, -0.15) is 4.31 Å². The van der Waals surface area contributed by atoms with E-state index in [0.29, 0.717) is 45.0 Å². The fourth-order valence-corrected chi connectivity index (χ4v) is 3.63. The van der Waals surface area contributed by atoms with Crippen LogP contribution in [0.2, 0.25) is 0 Å². The molecule has 0 radical (unpaired) electrons. The average Bonchev–Trinajstić information content (AvgIpc) is 3.13. The van der Waals surface area contributed by atoms with Gasteiger partial charge in [-0.15, -0.1) is 0 Å². The summed E-state index contributed by atoms with van der Waals surface area (Å²) in [5.41, 5.74) is 0. The molecule has 2 rings (SSSR count). The normalized spacial score (nSPS) is 20.2. The lowest BCUT2D eigenvalue weighted by Crippen LogP contribution is -2.29. The number of nitrogens with zero attached hydrogens (tertiary/aromatic N) is 1. The number of furan rings is 1. The van der Waals surface area contributed by atoms with Crippen LogP contribution in [-0.2, 0) is 26.0 Å². The van der Waals surface area contributed by atoms with Gasteiger partial charge in [0.05, 0.1) is 19.3 Å². The highest BCUT2D eigenvalue weighted by Crippen LogP contribution is 2.23. The molecule has 21 heavy (non-hydrogen) atoms. The molecule has 1 N–H and O–H groups in total. The molecule has 1 aromatic heterocycles. The van der Waals surface area contributed by atoms with Gasteiger partial charge in [-0.1, -0.05) is 0 Å². The molecule has 0 amide bonds. The summed E-state index contributed by atoms with van der Waals surface area (Å²) in [6.45, 7) is 2.59. The van der Waals surface area contributed by atoms with Crippen molar-refractivity contribution in [3.05, 3.63) is 17.9 Å². The van der Waals surface area contributed by atoms with Gasteiger partial charge in [0.2, 0.25) is 5.09 Å². The summed E-state index contributed by atoms with van der Waals surface area (Å²) in [5.74, 6) is 0.590. The maximum absolute atomic E-state index is 12.4. The zero-order chi connectivity index (χ0) is 15.3. The van der Waals surface area contributed by atoms with Crippen molar-refractivity contribution >= 4 is 10.0 Å². The van der Waals surface area contributed by atoms with Gasteiger partial charge in [0.1, 0.15) is 5.76 Å². The molecule has 120 valence electrons. The lowest BCUT2D eigenvalue weighted by atomic mass is 10.3. The van der Waals surface area contributed by atoms with Gasteiger partial charge in [0.15, 0.2) is 0 Å². The van der Waals surface area contributed by atoms with Crippen LogP contribution in [0.25, 0.3) is 0 Å². The summed E-state index contributed by atoms with van der Waals surface area (Å²) < 4.78 is 41.8. The number of methoxy groups -OCH3 is 2. The molecule has 1 unspecified atom stereocenters. The number of hydrogen-bond donors (Lipinski definition) is 1. The first-order chi connectivity index (χ1) is 10.1. The lowest BCUT2D eigenvalue weighted by Gasteiger charge is -2.14. The van der Waals surface area contributed by atoms with E-state index in [-0.39, 0.29) is 11.2 Å². The zero-order valence-electron chi connectivity index (χ0n) is 12.4. The van der Waals surface area contributed by atoms with E-state index in [4.69, 9.17) is 13.9 Å². The Balaban J connectivity index is 1.96. The van der Waals surface area contributed by atoms with Gasteiger partial charge in [0, 0.05) is 33.9 Å². The van der Waals surface area contributed by atoms with E-state index in [1.807, 2.05) is 0 Å². The van der Waals surface area contributed by atoms with Crippen LogP contribution >= 0.6 is 0 Å². The van der Waals surface area contributed by atoms with E-state index < -0.39 is 10.0 Å². The molecule has 0 aliphatic carbocycles. The molecular formula is C13H22N2O5S. The topological polar surface area (TPSA) is 81.0 Å². The first kappa shape index (κ1) is 16.4. The first-order valence-corrected chi connectivity index (χ1v) is 8.33. The molecular weight excluding hydrogens is 296 g/mol. The van der Waals surface area contributed by atoms with Gasteiger partial charge in [-0.05, 0) is 18.6 Å². The van der Waals surface area contributed by atoms with Crippen molar-refractivity contribution in [2.24, 2.45) is 0 Å². The third-order valence-electron chi connectivity index (χ3n) is 3.45. The monoisotopic (exact) mass is 318 g/mol. The molecule has 2 heterocycles. The van der Waals surface area contributed by atoms with Crippen LogP contribution in [0.5, 0.6) is 0 Å². The van der Waals surface area contributed by atoms with E-state index in [1.54, 1.807) is 20.3 Å². The van der Waals surface area contributed by atoms with E-state index in [2.05, 4.69) is 5.32 Å². The van der Waals surface area contributed by atoms with Crippen molar-refractivity contribution in [3.63, 3.8) is 0 Å². The summed E-state index contributed by atoms with van der Waals surface area (Å²) in [7, 11) is -0.340. The number of nitrogens with one attached hydrogen (secondary N) is 1. The molecule has 8 heteroatoms. The first-order valence-electron chi connectivity index (χ1n) is 6.89. The van der Waals surface area contributed by atoms with Crippen LogP contribution in [0.3, 0.4) is 0 Å². The third-order valence-corrected chi connectivity index (χ3v) is 5.19. The summed E-state index contributed by atoms with van der Waals surface area (Å²) in [6.07, 6.45) is 0.673. The van der Waals surface area contributed by atoms with E-state index in [0.717, 1.165) is 0 Å². The van der Waals surface area contributed by atoms with Gasteiger partial charge in [-0.25, -0.2) is 8.42 Å². The molecule has 1 aliphatic heterocycles. The van der Waals surface area contributed by atoms with Crippen LogP contribution in [0.4, 0.5) is 0 Å². The molecule has 1 aromatic rings. The Morgan fingerprint density at radius 3 is 2.90 bits per heavy atom. The zero-order valence-corrected chi connectivity index (χ0v) is 13.2. The highest BCUT2D eigenvalue weighted by atomic mass is 32.2. The Kier molecular flexibility index (Phi) is 5.77. The fraction of sp³-hybridized carbons (Fsp3) is 0.692. The minimum atomic E-state index is -3.56. The van der Waals surface area contributed by atoms with Crippen LogP contribution in [0.1, 0.15) is 12.2 Å². The van der Waals surface area contributed by atoms with Crippen molar-refractivity contribution < 1.29 is 22.3 Å². The molecule has 1 aliphatic rings.